The number of imidazole rings is 1. The van der Waals surface area contributed by atoms with E-state index in [1.165, 1.54) is 19.3 Å². The zero-order chi connectivity index (χ0) is 10.5. The van der Waals surface area contributed by atoms with Gasteiger partial charge in [-0.05, 0) is 37.3 Å². The van der Waals surface area contributed by atoms with Gasteiger partial charge in [-0.25, -0.2) is 4.98 Å². The van der Waals surface area contributed by atoms with Crippen molar-refractivity contribution in [2.45, 2.75) is 31.3 Å². The van der Waals surface area contributed by atoms with Gasteiger partial charge in [0.05, 0.1) is 17.1 Å². The van der Waals surface area contributed by atoms with Gasteiger partial charge in [0, 0.05) is 6.04 Å². The van der Waals surface area contributed by atoms with Crippen LogP contribution in [0.4, 0.5) is 0 Å². The lowest BCUT2D eigenvalue weighted by molar-refractivity contribution is 0.380. The third-order valence-electron chi connectivity index (χ3n) is 4.06. The molecule has 1 aromatic carbocycles. The van der Waals surface area contributed by atoms with E-state index in [1.807, 2.05) is 6.07 Å². The molecule has 4 rings (SSSR count). The van der Waals surface area contributed by atoms with Crippen molar-refractivity contribution in [2.75, 3.05) is 0 Å². The standard InChI is InChI=1S/C13H15N3/c1-2-4-11-10(3-1)15-13(16-11)12-8-5-6-9(7-8)14-12/h1-4,8-9,12,14H,5-7H2,(H,15,16). The van der Waals surface area contributed by atoms with Crippen LogP contribution in [0.5, 0.6) is 0 Å². The van der Waals surface area contributed by atoms with Gasteiger partial charge in [0.1, 0.15) is 5.82 Å². The summed E-state index contributed by atoms with van der Waals surface area (Å²) in [6.07, 6.45) is 4.04. The number of nitrogens with one attached hydrogen (secondary N) is 2. The second-order valence-corrected chi connectivity index (χ2v) is 5.05. The van der Waals surface area contributed by atoms with E-state index >= 15 is 0 Å². The number of benzene rings is 1. The van der Waals surface area contributed by atoms with E-state index in [0.717, 1.165) is 28.8 Å². The van der Waals surface area contributed by atoms with Crippen molar-refractivity contribution in [3.63, 3.8) is 0 Å². The van der Waals surface area contributed by atoms with Crippen molar-refractivity contribution >= 4 is 11.0 Å². The van der Waals surface area contributed by atoms with Gasteiger partial charge in [-0.3, -0.25) is 0 Å². The van der Waals surface area contributed by atoms with Crippen molar-refractivity contribution in [2.24, 2.45) is 5.92 Å². The summed E-state index contributed by atoms with van der Waals surface area (Å²) in [6, 6.07) is 9.47. The van der Waals surface area contributed by atoms with Crippen molar-refractivity contribution in [3.8, 4) is 0 Å². The molecule has 0 spiro atoms. The van der Waals surface area contributed by atoms with Crippen LogP contribution in [0.2, 0.25) is 0 Å². The third-order valence-corrected chi connectivity index (χ3v) is 4.06. The molecule has 3 heteroatoms. The Morgan fingerprint density at radius 3 is 2.88 bits per heavy atom. The lowest BCUT2D eigenvalue weighted by Gasteiger charge is -2.20. The maximum atomic E-state index is 4.70. The molecule has 1 saturated carbocycles. The minimum Gasteiger partial charge on any atom is -0.341 e. The number of hydrogen-bond donors (Lipinski definition) is 2. The number of rotatable bonds is 1. The van der Waals surface area contributed by atoms with Crippen molar-refractivity contribution < 1.29 is 0 Å². The molecule has 0 amide bonds. The van der Waals surface area contributed by atoms with Gasteiger partial charge in [0.2, 0.25) is 0 Å². The van der Waals surface area contributed by atoms with Gasteiger partial charge in [0.15, 0.2) is 0 Å². The van der Waals surface area contributed by atoms with Crippen LogP contribution in [-0.2, 0) is 0 Å². The van der Waals surface area contributed by atoms with Gasteiger partial charge in [-0.1, -0.05) is 12.1 Å². The summed E-state index contributed by atoms with van der Waals surface area (Å²) in [5.41, 5.74) is 2.24. The maximum Gasteiger partial charge on any atom is 0.124 e. The highest BCUT2D eigenvalue weighted by molar-refractivity contribution is 5.74. The van der Waals surface area contributed by atoms with E-state index in [9.17, 15) is 0 Å². The Hall–Kier alpha value is -1.35. The molecule has 82 valence electrons. The van der Waals surface area contributed by atoms with Crippen LogP contribution >= 0.6 is 0 Å². The molecule has 3 atom stereocenters. The van der Waals surface area contributed by atoms with Crippen LogP contribution in [-0.4, -0.2) is 16.0 Å². The molecular formula is C13H15N3. The van der Waals surface area contributed by atoms with Gasteiger partial charge < -0.3 is 10.3 Å². The van der Waals surface area contributed by atoms with Crippen molar-refractivity contribution in [1.29, 1.82) is 0 Å². The van der Waals surface area contributed by atoms with Crippen molar-refractivity contribution in [3.05, 3.63) is 30.1 Å². The van der Waals surface area contributed by atoms with Crippen LogP contribution in [0, 0.1) is 5.92 Å². The average molecular weight is 213 g/mol. The lowest BCUT2D eigenvalue weighted by atomic mass is 10.00. The first-order chi connectivity index (χ1) is 7.90. The molecule has 2 aromatic rings. The Labute approximate surface area is 94.3 Å². The van der Waals surface area contributed by atoms with Gasteiger partial charge in [-0.15, -0.1) is 0 Å². The molecule has 1 aromatic heterocycles. The number of nitrogens with zero attached hydrogens (tertiary/aromatic N) is 1. The molecule has 2 N–H and O–H groups in total. The number of fused-ring (bicyclic) bond motifs is 3. The fourth-order valence-corrected chi connectivity index (χ4v) is 3.28. The molecule has 2 fully saturated rings. The second kappa shape index (κ2) is 3.08. The monoisotopic (exact) mass is 213 g/mol. The lowest BCUT2D eigenvalue weighted by Crippen LogP contribution is -2.29. The molecule has 2 aliphatic rings. The van der Waals surface area contributed by atoms with E-state index in [-0.39, 0.29) is 0 Å². The van der Waals surface area contributed by atoms with Crippen LogP contribution in [0.3, 0.4) is 0 Å². The number of piperidine rings is 1. The molecule has 1 saturated heterocycles. The van der Waals surface area contributed by atoms with Crippen LogP contribution in [0.1, 0.15) is 31.1 Å². The fraction of sp³-hybridized carbons (Fsp3) is 0.462. The Morgan fingerprint density at radius 2 is 2.12 bits per heavy atom. The van der Waals surface area contributed by atoms with Gasteiger partial charge >= 0.3 is 0 Å². The summed E-state index contributed by atoms with van der Waals surface area (Å²) in [5, 5.41) is 3.67. The van der Waals surface area contributed by atoms with E-state index in [2.05, 4.69) is 28.5 Å². The predicted octanol–water partition coefficient (Wildman–Crippen LogP) is 2.38. The second-order valence-electron chi connectivity index (χ2n) is 5.05. The highest BCUT2D eigenvalue weighted by Crippen LogP contribution is 2.42. The summed E-state index contributed by atoms with van der Waals surface area (Å²) in [5.74, 6) is 1.93. The van der Waals surface area contributed by atoms with E-state index < -0.39 is 0 Å². The molecular weight excluding hydrogens is 198 g/mol. The summed E-state index contributed by atoms with van der Waals surface area (Å²) >= 11 is 0. The SMILES string of the molecule is c1ccc2[nH]c(C3NC4CCC3C4)nc2c1. The first-order valence-electron chi connectivity index (χ1n) is 6.11. The topological polar surface area (TPSA) is 40.7 Å². The summed E-state index contributed by atoms with van der Waals surface area (Å²) in [6.45, 7) is 0. The first-order valence-corrected chi connectivity index (χ1v) is 6.11. The van der Waals surface area contributed by atoms with E-state index in [4.69, 9.17) is 4.98 Å². The van der Waals surface area contributed by atoms with Crippen LogP contribution < -0.4 is 5.32 Å². The number of H-pyrrole nitrogens is 1. The Bertz CT molecular complexity index is 498. The molecule has 1 aliphatic carbocycles. The third kappa shape index (κ3) is 1.15. The molecule has 2 heterocycles. The van der Waals surface area contributed by atoms with Crippen LogP contribution in [0.15, 0.2) is 24.3 Å². The minimum absolute atomic E-state index is 0.464. The zero-order valence-electron chi connectivity index (χ0n) is 9.11. The molecule has 16 heavy (non-hydrogen) atoms. The maximum absolute atomic E-state index is 4.70. The number of hydrogen-bond acceptors (Lipinski definition) is 2. The molecule has 1 aliphatic heterocycles. The quantitative estimate of drug-likeness (QED) is 0.763. The number of aromatic amines is 1. The first kappa shape index (κ1) is 8.76. The van der Waals surface area contributed by atoms with E-state index in [1.54, 1.807) is 0 Å². The van der Waals surface area contributed by atoms with Gasteiger partial charge in [0.25, 0.3) is 0 Å². The zero-order valence-corrected chi connectivity index (χ0v) is 9.11. The van der Waals surface area contributed by atoms with Gasteiger partial charge in [-0.2, -0.15) is 0 Å². The Morgan fingerprint density at radius 1 is 1.19 bits per heavy atom. The number of aromatic nitrogens is 2. The summed E-state index contributed by atoms with van der Waals surface area (Å²) in [4.78, 5) is 8.14. The van der Waals surface area contributed by atoms with E-state index in [0.29, 0.717) is 6.04 Å². The largest absolute Gasteiger partial charge is 0.341 e. The smallest absolute Gasteiger partial charge is 0.124 e. The highest BCUT2D eigenvalue weighted by atomic mass is 15.1. The Kier molecular flexibility index (Phi) is 1.68. The summed E-state index contributed by atoms with van der Waals surface area (Å²) in [7, 11) is 0. The molecule has 0 radical (unpaired) electrons. The predicted molar refractivity (Wildman–Crippen MR) is 63.1 cm³/mol. The molecule has 3 nitrogen and oxygen atoms in total. The summed E-state index contributed by atoms with van der Waals surface area (Å²) < 4.78 is 0. The number of para-hydroxylation sites is 2. The molecule has 2 bridgehead atoms. The fourth-order valence-electron chi connectivity index (χ4n) is 3.28. The normalized spacial score (nSPS) is 32.6. The van der Waals surface area contributed by atoms with Crippen LogP contribution in [0.25, 0.3) is 11.0 Å². The average Bonchev–Trinajstić information content (AvgIpc) is 3.02. The minimum atomic E-state index is 0.464. The molecule has 3 unspecified atom stereocenters. The van der Waals surface area contributed by atoms with Crippen molar-refractivity contribution in [1.82, 2.24) is 15.3 Å². The highest BCUT2D eigenvalue weighted by Gasteiger charge is 2.41. The Balaban J connectivity index is 1.76.